The molecule has 0 saturated carbocycles. The fourth-order valence-electron chi connectivity index (χ4n) is 9.19. The molecule has 2 atom stereocenters. The number of aromatic nitrogens is 3. The van der Waals surface area contributed by atoms with Crippen molar-refractivity contribution in [3.63, 3.8) is 0 Å². The SMILES string of the molecule is CC(C)(C)OC(=O)N1[C@H](CO[Si](c2ccccc2)(c2ccccc2)C(C)(C)C)CC[C@@H]1c1c[nH]c2c(NC(c3ccccc3)(c3ccccc3)c3ccccc3)ncnc12. The van der Waals surface area contributed by atoms with Gasteiger partial charge in [-0.15, -0.1) is 0 Å². The van der Waals surface area contributed by atoms with Crippen LogP contribution < -0.4 is 15.7 Å². The molecular formula is C51H55N5O3Si. The molecule has 306 valence electrons. The van der Waals surface area contributed by atoms with Gasteiger partial charge in [-0.05, 0) is 65.7 Å². The quantitative estimate of drug-likeness (QED) is 0.0998. The fourth-order valence-corrected chi connectivity index (χ4v) is 13.8. The van der Waals surface area contributed by atoms with Crippen molar-refractivity contribution in [3.05, 3.63) is 186 Å². The molecule has 1 saturated heterocycles. The van der Waals surface area contributed by atoms with Crippen LogP contribution in [0.1, 0.15) is 82.7 Å². The van der Waals surface area contributed by atoms with Gasteiger partial charge in [0.1, 0.15) is 23.0 Å². The van der Waals surface area contributed by atoms with Gasteiger partial charge in [0.05, 0.1) is 24.2 Å². The average Bonchev–Trinajstić information content (AvgIpc) is 3.89. The molecule has 1 aliphatic rings. The number of benzene rings is 5. The topological polar surface area (TPSA) is 92.4 Å². The molecule has 1 aliphatic heterocycles. The molecule has 7 aromatic rings. The summed E-state index contributed by atoms with van der Waals surface area (Å²) in [5.41, 5.74) is 4.14. The molecule has 8 nitrogen and oxygen atoms in total. The van der Waals surface area contributed by atoms with Crippen LogP contribution in [0.3, 0.4) is 0 Å². The van der Waals surface area contributed by atoms with Crippen LogP contribution in [-0.2, 0) is 14.7 Å². The summed E-state index contributed by atoms with van der Waals surface area (Å²) in [5, 5.41) is 6.13. The lowest BCUT2D eigenvalue weighted by Crippen LogP contribution is -2.67. The van der Waals surface area contributed by atoms with Gasteiger partial charge in [0.15, 0.2) is 5.82 Å². The molecular weight excluding hydrogens is 759 g/mol. The van der Waals surface area contributed by atoms with E-state index in [1.165, 1.54) is 10.4 Å². The van der Waals surface area contributed by atoms with Gasteiger partial charge in [-0.2, -0.15) is 0 Å². The van der Waals surface area contributed by atoms with Gasteiger partial charge in [0, 0.05) is 11.8 Å². The van der Waals surface area contributed by atoms with E-state index in [-0.39, 0.29) is 23.2 Å². The van der Waals surface area contributed by atoms with Crippen molar-refractivity contribution in [2.24, 2.45) is 0 Å². The Kier molecular flexibility index (Phi) is 11.2. The van der Waals surface area contributed by atoms with Gasteiger partial charge < -0.3 is 19.5 Å². The van der Waals surface area contributed by atoms with Gasteiger partial charge in [-0.1, -0.05) is 172 Å². The number of hydrogen-bond donors (Lipinski definition) is 2. The Morgan fingerprint density at radius 3 is 1.65 bits per heavy atom. The van der Waals surface area contributed by atoms with Crippen LogP contribution in [0.25, 0.3) is 11.0 Å². The lowest BCUT2D eigenvalue weighted by molar-refractivity contribution is 0.00963. The number of hydrogen-bond acceptors (Lipinski definition) is 6. The second-order valence-electron chi connectivity index (χ2n) is 17.8. The molecule has 9 heteroatoms. The summed E-state index contributed by atoms with van der Waals surface area (Å²) in [6.45, 7) is 12.9. The summed E-state index contributed by atoms with van der Waals surface area (Å²) in [4.78, 5) is 29.8. The highest BCUT2D eigenvalue weighted by atomic mass is 28.4. The third-order valence-electron chi connectivity index (χ3n) is 11.8. The number of rotatable bonds is 11. The van der Waals surface area contributed by atoms with E-state index in [1.807, 2.05) is 50.1 Å². The maximum atomic E-state index is 14.5. The molecule has 1 fully saturated rings. The number of ether oxygens (including phenoxy) is 1. The Labute approximate surface area is 355 Å². The van der Waals surface area contributed by atoms with Crippen LogP contribution in [0.15, 0.2) is 164 Å². The summed E-state index contributed by atoms with van der Waals surface area (Å²) >= 11 is 0. The average molecular weight is 814 g/mol. The van der Waals surface area contributed by atoms with Gasteiger partial charge in [0.25, 0.3) is 8.32 Å². The number of H-pyrrole nitrogens is 1. The smallest absolute Gasteiger partial charge is 0.411 e. The second kappa shape index (κ2) is 16.6. The number of nitrogens with zero attached hydrogens (tertiary/aromatic N) is 3. The van der Waals surface area contributed by atoms with E-state index < -0.39 is 19.5 Å². The summed E-state index contributed by atoms with van der Waals surface area (Å²) in [6, 6.07) is 52.2. The molecule has 0 unspecified atom stereocenters. The first-order chi connectivity index (χ1) is 28.9. The van der Waals surface area contributed by atoms with Crippen molar-refractivity contribution in [1.29, 1.82) is 0 Å². The Balaban J connectivity index is 1.20. The van der Waals surface area contributed by atoms with Crippen molar-refractivity contribution in [2.75, 3.05) is 11.9 Å². The third kappa shape index (κ3) is 7.64. The van der Waals surface area contributed by atoms with E-state index in [0.717, 1.165) is 46.1 Å². The van der Waals surface area contributed by atoms with Crippen LogP contribution in [-0.4, -0.2) is 52.5 Å². The van der Waals surface area contributed by atoms with Crippen LogP contribution in [0, 0.1) is 0 Å². The molecule has 1 amide bonds. The number of aromatic amines is 1. The predicted octanol–water partition coefficient (Wildman–Crippen LogP) is 10.4. The first-order valence-electron chi connectivity index (χ1n) is 21.0. The number of likely N-dealkylation sites (tertiary alicyclic amines) is 1. The monoisotopic (exact) mass is 813 g/mol. The van der Waals surface area contributed by atoms with Crippen LogP contribution in [0.5, 0.6) is 0 Å². The van der Waals surface area contributed by atoms with E-state index in [9.17, 15) is 4.79 Å². The van der Waals surface area contributed by atoms with Gasteiger partial charge in [-0.3, -0.25) is 4.90 Å². The van der Waals surface area contributed by atoms with Crippen LogP contribution in [0.4, 0.5) is 10.6 Å². The fraction of sp³-hybridized carbons (Fsp3) is 0.275. The summed E-state index contributed by atoms with van der Waals surface area (Å²) in [6.07, 6.45) is 4.70. The first kappa shape index (κ1) is 40.7. The molecule has 3 heterocycles. The Bertz CT molecular complexity index is 2370. The number of fused-ring (bicyclic) bond motifs is 1. The lowest BCUT2D eigenvalue weighted by Gasteiger charge is -2.44. The van der Waals surface area contributed by atoms with Gasteiger partial charge >= 0.3 is 6.09 Å². The summed E-state index contributed by atoms with van der Waals surface area (Å²) < 4.78 is 13.6. The number of amides is 1. The summed E-state index contributed by atoms with van der Waals surface area (Å²) in [7, 11) is -2.89. The zero-order chi connectivity index (χ0) is 42.0. The zero-order valence-corrected chi connectivity index (χ0v) is 36.4. The largest absolute Gasteiger partial charge is 0.444 e. The molecule has 0 spiro atoms. The highest BCUT2D eigenvalue weighted by Gasteiger charge is 2.52. The van der Waals surface area contributed by atoms with Crippen molar-refractivity contribution in [1.82, 2.24) is 19.9 Å². The number of carbonyl (C=O) groups excluding carboxylic acids is 1. The third-order valence-corrected chi connectivity index (χ3v) is 16.8. The van der Waals surface area contributed by atoms with E-state index in [1.54, 1.807) is 6.33 Å². The van der Waals surface area contributed by atoms with E-state index >= 15 is 0 Å². The summed E-state index contributed by atoms with van der Waals surface area (Å²) in [5.74, 6) is 0.649. The molecule has 0 aliphatic carbocycles. The molecule has 8 rings (SSSR count). The highest BCUT2D eigenvalue weighted by Crippen LogP contribution is 2.45. The standard InChI is InChI=1S/C51H55N5O3Si/c1-49(2,3)59-48(57)56-40(35-58-60(50(4,5)6,41-28-18-10-19-29-41)42-30-20-11-21-31-42)32-33-44(56)43-34-52-46-45(43)53-36-54-47(46)55-51(37-22-12-7-13-23-37,38-24-14-8-15-25-38)39-26-16-9-17-27-39/h7-31,34,36,40,44,52H,32-33,35H2,1-6H3,(H,53,54,55)/t40-,44+/m0/s1. The number of carbonyl (C=O) groups is 1. The van der Waals surface area contributed by atoms with E-state index in [4.69, 9.17) is 19.1 Å². The molecule has 0 bridgehead atoms. The molecule has 2 aromatic heterocycles. The minimum Gasteiger partial charge on any atom is -0.444 e. The van der Waals surface area contributed by atoms with Crippen molar-refractivity contribution in [2.45, 2.75) is 82.6 Å². The lowest BCUT2D eigenvalue weighted by atomic mass is 9.77. The maximum Gasteiger partial charge on any atom is 0.411 e. The van der Waals surface area contributed by atoms with Crippen molar-refractivity contribution in [3.8, 4) is 0 Å². The first-order valence-corrected chi connectivity index (χ1v) is 22.9. The van der Waals surface area contributed by atoms with Gasteiger partial charge in [0.2, 0.25) is 0 Å². The molecule has 0 radical (unpaired) electrons. The van der Waals surface area contributed by atoms with Crippen LogP contribution in [0.2, 0.25) is 5.04 Å². The zero-order valence-electron chi connectivity index (χ0n) is 35.4. The number of nitrogens with one attached hydrogen (secondary N) is 2. The second-order valence-corrected chi connectivity index (χ2v) is 22.1. The van der Waals surface area contributed by atoms with Gasteiger partial charge in [-0.25, -0.2) is 14.8 Å². The maximum absolute atomic E-state index is 14.5. The Morgan fingerprint density at radius 1 is 0.700 bits per heavy atom. The minimum atomic E-state index is -2.89. The van der Waals surface area contributed by atoms with Crippen LogP contribution >= 0.6 is 0 Å². The molecule has 2 N–H and O–H groups in total. The molecule has 5 aromatic carbocycles. The minimum absolute atomic E-state index is 0.212. The van der Waals surface area contributed by atoms with E-state index in [2.05, 4.69) is 165 Å². The number of anilines is 1. The van der Waals surface area contributed by atoms with E-state index in [0.29, 0.717) is 12.4 Å². The van der Waals surface area contributed by atoms with Crippen molar-refractivity contribution >= 4 is 41.6 Å². The Hall–Kier alpha value is -6.03. The van der Waals surface area contributed by atoms with Crippen molar-refractivity contribution < 1.29 is 14.0 Å². The molecule has 60 heavy (non-hydrogen) atoms. The Morgan fingerprint density at radius 2 is 1.18 bits per heavy atom. The predicted molar refractivity (Wildman–Crippen MR) is 244 cm³/mol. The highest BCUT2D eigenvalue weighted by molar-refractivity contribution is 6.99. The normalized spacial score (nSPS) is 16.2.